The number of hydrazine groups is 1. The van der Waals surface area contributed by atoms with E-state index in [0.29, 0.717) is 0 Å². The highest BCUT2D eigenvalue weighted by Gasteiger charge is 2.08. The van der Waals surface area contributed by atoms with Gasteiger partial charge in [-0.05, 0) is 36.6 Å². The Hall–Kier alpha value is -1.80. The van der Waals surface area contributed by atoms with Crippen LogP contribution < -0.4 is 10.9 Å². The molecule has 2 heteroatoms. The van der Waals surface area contributed by atoms with Crippen LogP contribution in [-0.2, 0) is 6.42 Å². The minimum atomic E-state index is 1.02. The summed E-state index contributed by atoms with van der Waals surface area (Å²) in [5.74, 6) is 6.25. The number of nitrogens with two attached hydrogens (primary N) is 1. The van der Waals surface area contributed by atoms with E-state index in [1.807, 2.05) is 36.4 Å². The Morgan fingerprint density at radius 2 is 1.58 bits per heavy atom. The van der Waals surface area contributed by atoms with Crippen LogP contribution in [0.1, 0.15) is 31.7 Å². The van der Waals surface area contributed by atoms with E-state index in [1.54, 1.807) is 5.01 Å². The van der Waals surface area contributed by atoms with Gasteiger partial charge in [0.05, 0.1) is 11.4 Å². The van der Waals surface area contributed by atoms with Crippen LogP contribution in [-0.4, -0.2) is 0 Å². The Morgan fingerprint density at radius 1 is 0.895 bits per heavy atom. The van der Waals surface area contributed by atoms with Crippen LogP contribution in [0.4, 0.5) is 11.4 Å². The van der Waals surface area contributed by atoms with Gasteiger partial charge < -0.3 is 0 Å². The number of hydrogen-bond donors (Lipinski definition) is 1. The van der Waals surface area contributed by atoms with Crippen molar-refractivity contribution in [1.29, 1.82) is 0 Å². The fraction of sp³-hybridized carbons (Fsp3) is 0.294. The first-order chi connectivity index (χ1) is 9.33. The molecule has 0 aliphatic carbocycles. The lowest BCUT2D eigenvalue weighted by molar-refractivity contribution is 0.716. The van der Waals surface area contributed by atoms with Gasteiger partial charge in [0.15, 0.2) is 0 Å². The number of para-hydroxylation sites is 2. The van der Waals surface area contributed by atoms with Gasteiger partial charge in [-0.3, -0.25) is 5.01 Å². The largest absolute Gasteiger partial charge is 0.279 e. The van der Waals surface area contributed by atoms with Crippen molar-refractivity contribution >= 4 is 11.4 Å². The normalized spacial score (nSPS) is 10.4. The zero-order valence-electron chi connectivity index (χ0n) is 11.5. The van der Waals surface area contributed by atoms with E-state index < -0.39 is 0 Å². The van der Waals surface area contributed by atoms with Crippen molar-refractivity contribution in [2.75, 3.05) is 5.01 Å². The van der Waals surface area contributed by atoms with Gasteiger partial charge in [-0.2, -0.15) is 0 Å². The quantitative estimate of drug-likeness (QED) is 0.469. The lowest BCUT2D eigenvalue weighted by Crippen LogP contribution is -2.25. The van der Waals surface area contributed by atoms with Crippen molar-refractivity contribution < 1.29 is 0 Å². The molecule has 0 spiro atoms. The third kappa shape index (κ3) is 3.58. The van der Waals surface area contributed by atoms with Crippen LogP contribution in [0.25, 0.3) is 0 Å². The van der Waals surface area contributed by atoms with Gasteiger partial charge in [0, 0.05) is 0 Å². The van der Waals surface area contributed by atoms with Crippen molar-refractivity contribution in [2.24, 2.45) is 5.84 Å². The zero-order chi connectivity index (χ0) is 13.5. The Labute approximate surface area is 115 Å². The molecule has 0 aromatic heterocycles. The number of hydrogen-bond acceptors (Lipinski definition) is 2. The van der Waals surface area contributed by atoms with Crippen molar-refractivity contribution in [2.45, 2.75) is 32.6 Å². The summed E-state index contributed by atoms with van der Waals surface area (Å²) in [6.45, 7) is 2.23. The minimum Gasteiger partial charge on any atom is -0.279 e. The molecular weight excluding hydrogens is 232 g/mol. The topological polar surface area (TPSA) is 29.3 Å². The molecule has 0 aliphatic rings. The first-order valence-corrected chi connectivity index (χ1v) is 7.00. The van der Waals surface area contributed by atoms with Crippen molar-refractivity contribution in [3.05, 3.63) is 60.2 Å². The van der Waals surface area contributed by atoms with Crippen LogP contribution in [0.2, 0.25) is 0 Å². The summed E-state index contributed by atoms with van der Waals surface area (Å²) in [6.07, 6.45) is 4.82. The number of benzene rings is 2. The van der Waals surface area contributed by atoms with Crippen LogP contribution in [0.15, 0.2) is 54.6 Å². The summed E-state index contributed by atoms with van der Waals surface area (Å²) in [7, 11) is 0. The lowest BCUT2D eigenvalue weighted by atomic mass is 10.0. The second kappa shape index (κ2) is 6.95. The molecule has 2 aromatic rings. The molecule has 2 rings (SSSR count). The van der Waals surface area contributed by atoms with Crippen LogP contribution in [0, 0.1) is 0 Å². The van der Waals surface area contributed by atoms with Crippen LogP contribution >= 0.6 is 0 Å². The summed E-state index contributed by atoms with van der Waals surface area (Å²) >= 11 is 0. The van der Waals surface area contributed by atoms with Gasteiger partial charge in [0.1, 0.15) is 0 Å². The summed E-state index contributed by atoms with van der Waals surface area (Å²) in [4.78, 5) is 0. The number of rotatable bonds is 6. The fourth-order valence-corrected chi connectivity index (χ4v) is 2.25. The van der Waals surface area contributed by atoms with E-state index in [1.165, 1.54) is 24.8 Å². The summed E-state index contributed by atoms with van der Waals surface area (Å²) in [5, 5.41) is 1.78. The van der Waals surface area contributed by atoms with E-state index >= 15 is 0 Å². The third-order valence-corrected chi connectivity index (χ3v) is 3.34. The molecule has 0 saturated carbocycles. The lowest BCUT2D eigenvalue weighted by Gasteiger charge is -2.22. The fourth-order valence-electron chi connectivity index (χ4n) is 2.25. The predicted molar refractivity (Wildman–Crippen MR) is 82.4 cm³/mol. The molecule has 0 fully saturated rings. The second-order valence-corrected chi connectivity index (χ2v) is 4.79. The average molecular weight is 254 g/mol. The van der Waals surface area contributed by atoms with E-state index in [0.717, 1.165) is 17.8 Å². The first kappa shape index (κ1) is 13.6. The Balaban J connectivity index is 2.19. The summed E-state index contributed by atoms with van der Waals surface area (Å²) < 4.78 is 0. The highest BCUT2D eigenvalue weighted by atomic mass is 15.4. The van der Waals surface area contributed by atoms with Crippen molar-refractivity contribution in [3.8, 4) is 0 Å². The molecule has 0 atom stereocenters. The molecule has 0 saturated heterocycles. The average Bonchev–Trinajstić information content (AvgIpc) is 2.48. The molecule has 19 heavy (non-hydrogen) atoms. The first-order valence-electron chi connectivity index (χ1n) is 7.00. The molecule has 2 nitrogen and oxygen atoms in total. The standard InChI is InChI=1S/C17H22N2/c1-2-3-5-10-15-11-8-9-14-17(15)19(18)16-12-6-4-7-13-16/h4,6-9,11-14H,2-3,5,10,18H2,1H3. The minimum absolute atomic E-state index is 1.02. The van der Waals surface area contributed by atoms with E-state index in [-0.39, 0.29) is 0 Å². The van der Waals surface area contributed by atoms with E-state index in [4.69, 9.17) is 5.84 Å². The number of unbranched alkanes of at least 4 members (excludes halogenated alkanes) is 2. The third-order valence-electron chi connectivity index (χ3n) is 3.34. The van der Waals surface area contributed by atoms with Gasteiger partial charge in [0.25, 0.3) is 0 Å². The summed E-state index contributed by atoms with van der Waals surface area (Å²) in [6, 6.07) is 18.5. The maximum atomic E-state index is 6.25. The van der Waals surface area contributed by atoms with Gasteiger partial charge in [-0.25, -0.2) is 5.84 Å². The molecule has 0 radical (unpaired) electrons. The zero-order valence-corrected chi connectivity index (χ0v) is 11.5. The molecule has 0 unspecified atom stereocenters. The molecule has 100 valence electrons. The van der Waals surface area contributed by atoms with Gasteiger partial charge >= 0.3 is 0 Å². The Bertz CT molecular complexity index is 494. The maximum Gasteiger partial charge on any atom is 0.0607 e. The molecule has 2 N–H and O–H groups in total. The van der Waals surface area contributed by atoms with Crippen molar-refractivity contribution in [3.63, 3.8) is 0 Å². The molecule has 0 bridgehead atoms. The SMILES string of the molecule is CCCCCc1ccccc1N(N)c1ccccc1. The van der Waals surface area contributed by atoms with Crippen LogP contribution in [0.5, 0.6) is 0 Å². The smallest absolute Gasteiger partial charge is 0.0607 e. The monoisotopic (exact) mass is 254 g/mol. The predicted octanol–water partition coefficient (Wildman–Crippen LogP) is 4.43. The highest BCUT2D eigenvalue weighted by molar-refractivity contribution is 5.64. The Morgan fingerprint density at radius 3 is 2.32 bits per heavy atom. The molecule has 2 aromatic carbocycles. The maximum absolute atomic E-state index is 6.25. The van der Waals surface area contributed by atoms with Gasteiger partial charge in [-0.15, -0.1) is 0 Å². The molecule has 0 aliphatic heterocycles. The van der Waals surface area contributed by atoms with E-state index in [9.17, 15) is 0 Å². The molecule has 0 amide bonds. The Kier molecular flexibility index (Phi) is 4.99. The highest BCUT2D eigenvalue weighted by Crippen LogP contribution is 2.26. The number of nitrogens with zero attached hydrogens (tertiary/aromatic N) is 1. The van der Waals surface area contributed by atoms with Gasteiger partial charge in [0.2, 0.25) is 0 Å². The second-order valence-electron chi connectivity index (χ2n) is 4.79. The summed E-state index contributed by atoms with van der Waals surface area (Å²) in [5.41, 5.74) is 3.44. The van der Waals surface area contributed by atoms with Gasteiger partial charge in [-0.1, -0.05) is 56.2 Å². The van der Waals surface area contributed by atoms with Crippen LogP contribution in [0.3, 0.4) is 0 Å². The number of anilines is 2. The molecule has 0 heterocycles. The van der Waals surface area contributed by atoms with E-state index in [2.05, 4.69) is 25.1 Å². The van der Waals surface area contributed by atoms with Crippen molar-refractivity contribution in [1.82, 2.24) is 0 Å². The molecular formula is C17H22N2. The number of aryl methyl sites for hydroxylation is 1.